The molecule has 3 aromatic rings. The highest BCUT2D eigenvalue weighted by atomic mass is 19.1. The zero-order valence-electron chi connectivity index (χ0n) is 10.6. The Kier molecular flexibility index (Phi) is 3.16. The van der Waals surface area contributed by atoms with Crippen molar-refractivity contribution in [2.75, 3.05) is 0 Å². The van der Waals surface area contributed by atoms with E-state index in [1.54, 1.807) is 43.0 Å². The van der Waals surface area contributed by atoms with Crippen LogP contribution in [0.1, 0.15) is 15.9 Å². The number of nitrogens with zero attached hydrogens (tertiary/aromatic N) is 2. The largest absolute Gasteiger partial charge is 0.348 e. The van der Waals surface area contributed by atoms with E-state index < -0.39 is 0 Å². The third-order valence-corrected chi connectivity index (χ3v) is 3.02. The lowest BCUT2D eigenvalue weighted by Crippen LogP contribution is -2.22. The first kappa shape index (κ1) is 12.3. The number of nitrogens with one attached hydrogen (secondary N) is 1. The molecule has 20 heavy (non-hydrogen) atoms. The second-order valence-corrected chi connectivity index (χ2v) is 4.45. The third kappa shape index (κ3) is 2.51. The van der Waals surface area contributed by atoms with Gasteiger partial charge in [-0.2, -0.15) is 0 Å². The van der Waals surface area contributed by atoms with Gasteiger partial charge in [0, 0.05) is 18.3 Å². The summed E-state index contributed by atoms with van der Waals surface area (Å²) in [5.74, 6) is -0.504. The zero-order valence-corrected chi connectivity index (χ0v) is 10.6. The van der Waals surface area contributed by atoms with E-state index in [0.717, 1.165) is 11.1 Å². The van der Waals surface area contributed by atoms with Crippen LogP contribution in [-0.4, -0.2) is 15.3 Å². The van der Waals surface area contributed by atoms with Crippen LogP contribution in [0.25, 0.3) is 5.52 Å². The predicted octanol–water partition coefficient (Wildman–Crippen LogP) is 2.40. The van der Waals surface area contributed by atoms with Gasteiger partial charge in [0.1, 0.15) is 5.82 Å². The average molecular weight is 269 g/mol. The molecule has 2 heterocycles. The highest BCUT2D eigenvalue weighted by Gasteiger charge is 2.06. The summed E-state index contributed by atoms with van der Waals surface area (Å²) in [5, 5.41) is 2.76. The Balaban J connectivity index is 1.72. The highest BCUT2D eigenvalue weighted by molar-refractivity contribution is 5.95. The summed E-state index contributed by atoms with van der Waals surface area (Å²) in [5.41, 5.74) is 2.13. The van der Waals surface area contributed by atoms with Crippen LogP contribution in [0.5, 0.6) is 0 Å². The lowest BCUT2D eigenvalue weighted by atomic mass is 10.2. The van der Waals surface area contributed by atoms with Crippen molar-refractivity contribution < 1.29 is 9.18 Å². The minimum absolute atomic E-state index is 0.196. The fraction of sp³-hybridized carbons (Fsp3) is 0.0667. The standard InChI is InChI=1S/C15H12FN3O/c16-13-3-1-2-11(6-13)8-18-15(20)12-4-5-19-10-17-9-14(19)7-12/h1-7,9-10H,8H2,(H,18,20). The van der Waals surface area contributed by atoms with E-state index in [-0.39, 0.29) is 11.7 Å². The van der Waals surface area contributed by atoms with E-state index >= 15 is 0 Å². The number of benzene rings is 1. The van der Waals surface area contributed by atoms with E-state index in [1.165, 1.54) is 12.1 Å². The van der Waals surface area contributed by atoms with Gasteiger partial charge in [-0.3, -0.25) is 4.79 Å². The van der Waals surface area contributed by atoms with E-state index in [1.807, 2.05) is 4.40 Å². The van der Waals surface area contributed by atoms with Gasteiger partial charge in [-0.15, -0.1) is 0 Å². The van der Waals surface area contributed by atoms with Crippen LogP contribution in [0.4, 0.5) is 4.39 Å². The van der Waals surface area contributed by atoms with Gasteiger partial charge in [-0.25, -0.2) is 9.37 Å². The van der Waals surface area contributed by atoms with Crippen molar-refractivity contribution in [1.82, 2.24) is 14.7 Å². The second kappa shape index (κ2) is 5.13. The summed E-state index contributed by atoms with van der Waals surface area (Å²) in [6.45, 7) is 0.293. The molecule has 0 aliphatic carbocycles. The van der Waals surface area contributed by atoms with E-state index in [9.17, 15) is 9.18 Å². The Bertz CT molecular complexity index is 766. The number of hydrogen-bond acceptors (Lipinski definition) is 2. The van der Waals surface area contributed by atoms with Gasteiger partial charge in [0.2, 0.25) is 0 Å². The van der Waals surface area contributed by atoms with Crippen LogP contribution in [0.2, 0.25) is 0 Å². The molecular weight excluding hydrogens is 257 g/mol. The quantitative estimate of drug-likeness (QED) is 0.793. The number of hydrogen-bond donors (Lipinski definition) is 1. The van der Waals surface area contributed by atoms with Crippen LogP contribution in [0.3, 0.4) is 0 Å². The van der Waals surface area contributed by atoms with Crippen molar-refractivity contribution in [2.45, 2.75) is 6.54 Å². The molecule has 0 unspecified atom stereocenters. The Morgan fingerprint density at radius 3 is 3.05 bits per heavy atom. The maximum Gasteiger partial charge on any atom is 0.251 e. The van der Waals surface area contributed by atoms with Crippen molar-refractivity contribution >= 4 is 11.4 Å². The number of halogens is 1. The first-order valence-electron chi connectivity index (χ1n) is 6.17. The van der Waals surface area contributed by atoms with Gasteiger partial charge in [0.05, 0.1) is 18.0 Å². The normalized spacial score (nSPS) is 10.7. The average Bonchev–Trinajstić information content (AvgIpc) is 2.92. The summed E-state index contributed by atoms with van der Waals surface area (Å²) in [4.78, 5) is 16.0. The van der Waals surface area contributed by atoms with Crippen molar-refractivity contribution in [3.05, 3.63) is 72.1 Å². The minimum atomic E-state index is -0.308. The van der Waals surface area contributed by atoms with Gasteiger partial charge >= 0.3 is 0 Å². The van der Waals surface area contributed by atoms with Crippen molar-refractivity contribution in [1.29, 1.82) is 0 Å². The maximum atomic E-state index is 13.0. The first-order valence-corrected chi connectivity index (χ1v) is 6.17. The number of pyridine rings is 1. The molecule has 1 N–H and O–H groups in total. The van der Waals surface area contributed by atoms with Gasteiger partial charge in [-0.05, 0) is 29.8 Å². The zero-order chi connectivity index (χ0) is 13.9. The van der Waals surface area contributed by atoms with Crippen LogP contribution in [0.15, 0.2) is 55.1 Å². The van der Waals surface area contributed by atoms with Crippen molar-refractivity contribution in [2.24, 2.45) is 0 Å². The summed E-state index contributed by atoms with van der Waals surface area (Å²) in [6, 6.07) is 9.64. The number of amides is 1. The summed E-state index contributed by atoms with van der Waals surface area (Å²) in [6.07, 6.45) is 5.13. The van der Waals surface area contributed by atoms with Crippen molar-refractivity contribution in [3.8, 4) is 0 Å². The van der Waals surface area contributed by atoms with E-state index in [4.69, 9.17) is 0 Å². The SMILES string of the molecule is O=C(NCc1cccc(F)c1)c1ccn2cncc2c1. The number of aromatic nitrogens is 2. The smallest absolute Gasteiger partial charge is 0.251 e. The molecule has 0 aliphatic rings. The molecule has 1 aromatic carbocycles. The summed E-state index contributed by atoms with van der Waals surface area (Å²) in [7, 11) is 0. The molecule has 100 valence electrons. The van der Waals surface area contributed by atoms with Gasteiger partial charge in [0.15, 0.2) is 0 Å². The summed E-state index contributed by atoms with van der Waals surface area (Å²) < 4.78 is 14.9. The molecular formula is C15H12FN3O. The topological polar surface area (TPSA) is 46.4 Å². The molecule has 0 spiro atoms. The predicted molar refractivity (Wildman–Crippen MR) is 72.8 cm³/mol. The molecule has 0 aliphatic heterocycles. The fourth-order valence-electron chi connectivity index (χ4n) is 1.99. The molecule has 3 rings (SSSR count). The molecule has 2 aromatic heterocycles. The number of carbonyl (C=O) groups excluding carboxylic acids is 1. The monoisotopic (exact) mass is 269 g/mol. The summed E-state index contributed by atoms with van der Waals surface area (Å²) >= 11 is 0. The van der Waals surface area contributed by atoms with E-state index in [2.05, 4.69) is 10.3 Å². The number of fused-ring (bicyclic) bond motifs is 1. The second-order valence-electron chi connectivity index (χ2n) is 4.45. The molecule has 0 bridgehead atoms. The lowest BCUT2D eigenvalue weighted by molar-refractivity contribution is 0.0951. The highest BCUT2D eigenvalue weighted by Crippen LogP contribution is 2.07. The molecule has 0 saturated carbocycles. The Morgan fingerprint density at radius 2 is 2.20 bits per heavy atom. The molecule has 4 nitrogen and oxygen atoms in total. The fourth-order valence-corrected chi connectivity index (χ4v) is 1.99. The maximum absolute atomic E-state index is 13.0. The Labute approximate surface area is 114 Å². The van der Waals surface area contributed by atoms with Crippen molar-refractivity contribution in [3.63, 3.8) is 0 Å². The third-order valence-electron chi connectivity index (χ3n) is 3.02. The Morgan fingerprint density at radius 1 is 1.30 bits per heavy atom. The van der Waals surface area contributed by atoms with Gasteiger partial charge in [0.25, 0.3) is 5.91 Å². The molecule has 0 saturated heterocycles. The molecule has 5 heteroatoms. The Hall–Kier alpha value is -2.69. The molecule has 0 radical (unpaired) electrons. The minimum Gasteiger partial charge on any atom is -0.348 e. The van der Waals surface area contributed by atoms with Crippen LogP contribution < -0.4 is 5.32 Å². The molecule has 0 fully saturated rings. The van der Waals surface area contributed by atoms with Gasteiger partial charge in [-0.1, -0.05) is 12.1 Å². The number of rotatable bonds is 3. The molecule has 1 amide bonds. The van der Waals surface area contributed by atoms with Crippen LogP contribution in [0, 0.1) is 5.82 Å². The molecule has 0 atom stereocenters. The van der Waals surface area contributed by atoms with Crippen LogP contribution in [-0.2, 0) is 6.54 Å². The van der Waals surface area contributed by atoms with Crippen LogP contribution >= 0.6 is 0 Å². The van der Waals surface area contributed by atoms with E-state index in [0.29, 0.717) is 12.1 Å². The number of imidazole rings is 1. The lowest BCUT2D eigenvalue weighted by Gasteiger charge is -2.06. The number of carbonyl (C=O) groups is 1. The first-order chi connectivity index (χ1) is 9.72. The van der Waals surface area contributed by atoms with Gasteiger partial charge < -0.3 is 9.72 Å².